The Labute approximate surface area is 111 Å². The lowest BCUT2D eigenvalue weighted by atomic mass is 10.1. The van der Waals surface area contributed by atoms with Crippen LogP contribution in [0.3, 0.4) is 0 Å². The molecule has 1 aromatic rings. The molecule has 3 nitrogen and oxygen atoms in total. The van der Waals surface area contributed by atoms with Gasteiger partial charge in [0, 0.05) is 4.88 Å². The fraction of sp³-hybridized carbons (Fsp3) is 0.500. The van der Waals surface area contributed by atoms with Gasteiger partial charge < -0.3 is 11.1 Å². The number of hydrogen-bond donors (Lipinski definition) is 2. The van der Waals surface area contributed by atoms with Gasteiger partial charge in [-0.25, -0.2) is 0 Å². The second-order valence-corrected chi connectivity index (χ2v) is 5.48. The lowest BCUT2D eigenvalue weighted by Gasteiger charge is -2.15. The number of carbonyl (C=O) groups is 1. The van der Waals surface area contributed by atoms with Gasteiger partial charge in [0.2, 0.25) is 0 Å². The molecule has 0 aliphatic carbocycles. The van der Waals surface area contributed by atoms with E-state index in [0.29, 0.717) is 4.99 Å². The number of rotatable bonds is 6. The van der Waals surface area contributed by atoms with E-state index in [9.17, 15) is 4.79 Å². The topological polar surface area (TPSA) is 55.1 Å². The van der Waals surface area contributed by atoms with E-state index in [1.807, 2.05) is 19.1 Å². The molecule has 0 radical (unpaired) electrons. The minimum Gasteiger partial charge on any atom is -0.392 e. The van der Waals surface area contributed by atoms with Crippen LogP contribution in [-0.2, 0) is 6.42 Å². The minimum absolute atomic E-state index is 0.0825. The van der Waals surface area contributed by atoms with E-state index in [0.717, 1.165) is 24.1 Å². The molecule has 0 saturated carbocycles. The SMILES string of the molecule is CCCC(NC(=O)c1ccc(CC)s1)C(N)=S. The van der Waals surface area contributed by atoms with Crippen LogP contribution in [0.15, 0.2) is 12.1 Å². The van der Waals surface area contributed by atoms with Gasteiger partial charge in [-0.05, 0) is 25.0 Å². The molecule has 0 aliphatic rings. The summed E-state index contributed by atoms with van der Waals surface area (Å²) < 4.78 is 0. The summed E-state index contributed by atoms with van der Waals surface area (Å²) in [5, 5.41) is 2.88. The molecule has 1 heterocycles. The standard InChI is InChI=1S/C12H18N2OS2/c1-3-5-9(11(13)16)14-12(15)10-7-6-8(4-2)17-10/h6-7,9H,3-5H2,1-2H3,(H2,13,16)(H,14,15). The minimum atomic E-state index is -0.199. The van der Waals surface area contributed by atoms with Crippen molar-refractivity contribution in [3.63, 3.8) is 0 Å². The molecule has 0 spiro atoms. The number of amides is 1. The van der Waals surface area contributed by atoms with Crippen LogP contribution in [0.5, 0.6) is 0 Å². The van der Waals surface area contributed by atoms with Gasteiger partial charge in [-0.15, -0.1) is 11.3 Å². The largest absolute Gasteiger partial charge is 0.392 e. The highest BCUT2D eigenvalue weighted by Crippen LogP contribution is 2.17. The lowest BCUT2D eigenvalue weighted by Crippen LogP contribution is -2.43. The smallest absolute Gasteiger partial charge is 0.261 e. The summed E-state index contributed by atoms with van der Waals surface area (Å²) >= 11 is 6.46. The summed E-state index contributed by atoms with van der Waals surface area (Å²) in [6.07, 6.45) is 2.67. The molecule has 0 aromatic carbocycles. The predicted molar refractivity (Wildman–Crippen MR) is 76.6 cm³/mol. The van der Waals surface area contributed by atoms with E-state index in [-0.39, 0.29) is 11.9 Å². The zero-order valence-electron chi connectivity index (χ0n) is 10.2. The van der Waals surface area contributed by atoms with Gasteiger partial charge in [0.25, 0.3) is 5.91 Å². The number of carbonyl (C=O) groups excluding carboxylic acids is 1. The number of aryl methyl sites for hydroxylation is 1. The van der Waals surface area contributed by atoms with E-state index in [4.69, 9.17) is 18.0 Å². The molecule has 0 bridgehead atoms. The Morgan fingerprint density at radius 2 is 2.24 bits per heavy atom. The quantitative estimate of drug-likeness (QED) is 0.781. The number of thiocarbonyl (C=S) groups is 1. The average molecular weight is 270 g/mol. The van der Waals surface area contributed by atoms with Crippen molar-refractivity contribution in [2.24, 2.45) is 5.73 Å². The Morgan fingerprint density at radius 1 is 1.53 bits per heavy atom. The molecule has 3 N–H and O–H groups in total. The van der Waals surface area contributed by atoms with Crippen LogP contribution in [0.1, 0.15) is 41.2 Å². The first kappa shape index (κ1) is 14.1. The van der Waals surface area contributed by atoms with Crippen LogP contribution in [0.4, 0.5) is 0 Å². The van der Waals surface area contributed by atoms with Crippen molar-refractivity contribution in [2.45, 2.75) is 39.2 Å². The molecule has 5 heteroatoms. The maximum absolute atomic E-state index is 11.9. The highest BCUT2D eigenvalue weighted by atomic mass is 32.1. The molecule has 0 fully saturated rings. The highest BCUT2D eigenvalue weighted by Gasteiger charge is 2.16. The van der Waals surface area contributed by atoms with Crippen LogP contribution in [-0.4, -0.2) is 16.9 Å². The van der Waals surface area contributed by atoms with Crippen molar-refractivity contribution in [3.05, 3.63) is 21.9 Å². The number of thiophene rings is 1. The summed E-state index contributed by atoms with van der Waals surface area (Å²) in [5.41, 5.74) is 5.60. The van der Waals surface area contributed by atoms with Gasteiger partial charge in [0.1, 0.15) is 0 Å². The number of nitrogens with two attached hydrogens (primary N) is 1. The Kier molecular flexibility index (Phi) is 5.58. The van der Waals surface area contributed by atoms with Crippen LogP contribution in [0, 0.1) is 0 Å². The van der Waals surface area contributed by atoms with Crippen LogP contribution < -0.4 is 11.1 Å². The summed E-state index contributed by atoms with van der Waals surface area (Å²) in [6.45, 7) is 4.11. The van der Waals surface area contributed by atoms with Gasteiger partial charge in [0.15, 0.2) is 0 Å². The molecule has 1 rings (SSSR count). The fourth-order valence-corrected chi connectivity index (χ4v) is 2.52. The summed E-state index contributed by atoms with van der Waals surface area (Å²) in [7, 11) is 0. The summed E-state index contributed by atoms with van der Waals surface area (Å²) in [5.74, 6) is -0.0825. The van der Waals surface area contributed by atoms with Crippen molar-refractivity contribution in [1.82, 2.24) is 5.32 Å². The van der Waals surface area contributed by atoms with Crippen LogP contribution in [0.2, 0.25) is 0 Å². The van der Waals surface area contributed by atoms with E-state index >= 15 is 0 Å². The van der Waals surface area contributed by atoms with Gasteiger partial charge in [-0.2, -0.15) is 0 Å². The molecule has 17 heavy (non-hydrogen) atoms. The van der Waals surface area contributed by atoms with Crippen LogP contribution in [0.25, 0.3) is 0 Å². The Bertz CT molecular complexity index is 401. The molecular weight excluding hydrogens is 252 g/mol. The third-order valence-electron chi connectivity index (χ3n) is 2.46. The molecular formula is C12H18N2OS2. The van der Waals surface area contributed by atoms with Crippen molar-refractivity contribution in [3.8, 4) is 0 Å². The molecule has 1 atom stereocenters. The van der Waals surface area contributed by atoms with Gasteiger partial charge in [-0.1, -0.05) is 32.5 Å². The second kappa shape index (κ2) is 6.71. The average Bonchev–Trinajstić information content (AvgIpc) is 2.76. The lowest BCUT2D eigenvalue weighted by molar-refractivity contribution is 0.0950. The number of nitrogens with one attached hydrogen (secondary N) is 1. The first-order valence-electron chi connectivity index (χ1n) is 5.77. The summed E-state index contributed by atoms with van der Waals surface area (Å²) in [4.78, 5) is 14.2. The third-order valence-corrected chi connectivity index (χ3v) is 3.97. The molecule has 1 unspecified atom stereocenters. The van der Waals surface area contributed by atoms with E-state index in [1.54, 1.807) is 0 Å². The third kappa shape index (κ3) is 4.09. The Balaban J connectivity index is 2.66. The zero-order chi connectivity index (χ0) is 12.8. The van der Waals surface area contributed by atoms with E-state index in [1.165, 1.54) is 16.2 Å². The molecule has 94 valence electrons. The van der Waals surface area contributed by atoms with Crippen molar-refractivity contribution < 1.29 is 4.79 Å². The second-order valence-electron chi connectivity index (χ2n) is 3.84. The molecule has 1 amide bonds. The van der Waals surface area contributed by atoms with Crippen molar-refractivity contribution in [2.75, 3.05) is 0 Å². The maximum atomic E-state index is 11.9. The van der Waals surface area contributed by atoms with Crippen LogP contribution >= 0.6 is 23.6 Å². The number of hydrogen-bond acceptors (Lipinski definition) is 3. The van der Waals surface area contributed by atoms with E-state index < -0.39 is 0 Å². The normalized spacial score (nSPS) is 12.1. The van der Waals surface area contributed by atoms with Crippen molar-refractivity contribution >= 4 is 34.5 Å². The molecule has 0 aliphatic heterocycles. The van der Waals surface area contributed by atoms with E-state index in [2.05, 4.69) is 12.2 Å². The van der Waals surface area contributed by atoms with Crippen molar-refractivity contribution in [1.29, 1.82) is 0 Å². The Morgan fingerprint density at radius 3 is 2.71 bits per heavy atom. The van der Waals surface area contributed by atoms with Gasteiger partial charge >= 0.3 is 0 Å². The highest BCUT2D eigenvalue weighted by molar-refractivity contribution is 7.80. The summed E-state index contributed by atoms with van der Waals surface area (Å²) in [6, 6.07) is 3.63. The Hall–Kier alpha value is -0.940. The monoisotopic (exact) mass is 270 g/mol. The first-order valence-corrected chi connectivity index (χ1v) is 6.99. The molecule has 1 aromatic heterocycles. The fourth-order valence-electron chi connectivity index (χ4n) is 1.49. The predicted octanol–water partition coefficient (Wildman–Crippen LogP) is 2.50. The maximum Gasteiger partial charge on any atom is 0.261 e. The zero-order valence-corrected chi connectivity index (χ0v) is 11.8. The van der Waals surface area contributed by atoms with Gasteiger partial charge in [-0.3, -0.25) is 4.79 Å². The molecule has 0 saturated heterocycles. The van der Waals surface area contributed by atoms with Gasteiger partial charge in [0.05, 0.1) is 15.9 Å². The first-order chi connectivity index (χ1) is 8.08.